The molecule has 0 fully saturated rings. The number of anilines is 1. The molecular weight excluding hydrogens is 292 g/mol. The van der Waals surface area contributed by atoms with Crippen LogP contribution in [0.15, 0.2) is 30.5 Å². The Hall–Kier alpha value is -3.22. The zero-order valence-electron chi connectivity index (χ0n) is 12.6. The van der Waals surface area contributed by atoms with Crippen molar-refractivity contribution in [2.75, 3.05) is 5.32 Å². The minimum absolute atomic E-state index is 0.274. The van der Waals surface area contributed by atoms with Crippen molar-refractivity contribution in [3.63, 3.8) is 0 Å². The van der Waals surface area contributed by atoms with Gasteiger partial charge in [0.1, 0.15) is 0 Å². The Labute approximate surface area is 131 Å². The van der Waals surface area contributed by atoms with E-state index in [2.05, 4.69) is 30.7 Å². The van der Waals surface area contributed by atoms with Crippen molar-refractivity contribution in [2.24, 2.45) is 0 Å². The lowest BCUT2D eigenvalue weighted by molar-refractivity contribution is 0.102. The van der Waals surface area contributed by atoms with Gasteiger partial charge in [0.15, 0.2) is 11.3 Å². The summed E-state index contributed by atoms with van der Waals surface area (Å²) in [6.07, 6.45) is 1.58. The molecule has 1 aromatic carbocycles. The van der Waals surface area contributed by atoms with Crippen molar-refractivity contribution in [1.82, 2.24) is 25.4 Å². The quantitative estimate of drug-likeness (QED) is 0.530. The zero-order valence-corrected chi connectivity index (χ0v) is 12.6. The lowest BCUT2D eigenvalue weighted by Crippen LogP contribution is -2.13. The number of hydrogen-bond donors (Lipinski definition) is 3. The minimum atomic E-state index is -0.274. The van der Waals surface area contributed by atoms with Gasteiger partial charge in [0.25, 0.3) is 5.91 Å². The third-order valence-electron chi connectivity index (χ3n) is 3.79. The maximum Gasteiger partial charge on any atom is 0.276 e. The van der Waals surface area contributed by atoms with Crippen LogP contribution in [-0.2, 0) is 0 Å². The number of hydrogen-bond acceptors (Lipinski definition) is 4. The highest BCUT2D eigenvalue weighted by molar-refractivity contribution is 6.11. The maximum atomic E-state index is 12.5. The first-order valence-corrected chi connectivity index (χ1v) is 7.18. The van der Waals surface area contributed by atoms with Crippen LogP contribution >= 0.6 is 0 Å². The molecule has 0 aliphatic carbocycles. The molecule has 0 saturated carbocycles. The molecule has 0 aliphatic heterocycles. The number of carbonyl (C=O) groups is 1. The Morgan fingerprint density at radius 1 is 1.09 bits per heavy atom. The number of nitrogens with one attached hydrogen (secondary N) is 3. The average molecular weight is 306 g/mol. The molecule has 0 aliphatic rings. The number of aromatic amines is 2. The second-order valence-corrected chi connectivity index (χ2v) is 5.52. The first kappa shape index (κ1) is 13.4. The van der Waals surface area contributed by atoms with Crippen molar-refractivity contribution in [3.8, 4) is 0 Å². The number of fused-ring (bicyclic) bond motifs is 2. The van der Waals surface area contributed by atoms with Gasteiger partial charge < -0.3 is 5.32 Å². The van der Waals surface area contributed by atoms with E-state index in [9.17, 15) is 4.79 Å². The summed E-state index contributed by atoms with van der Waals surface area (Å²) in [5, 5.41) is 18.5. The second kappa shape index (κ2) is 4.91. The van der Waals surface area contributed by atoms with E-state index >= 15 is 0 Å². The minimum Gasteiger partial charge on any atom is -0.319 e. The summed E-state index contributed by atoms with van der Waals surface area (Å²) < 4.78 is 0. The van der Waals surface area contributed by atoms with E-state index in [1.807, 2.05) is 38.1 Å². The number of amides is 1. The molecule has 7 heteroatoms. The van der Waals surface area contributed by atoms with E-state index in [0.29, 0.717) is 17.0 Å². The molecule has 0 radical (unpaired) electrons. The van der Waals surface area contributed by atoms with Crippen molar-refractivity contribution < 1.29 is 4.79 Å². The van der Waals surface area contributed by atoms with E-state index in [1.54, 1.807) is 6.20 Å². The van der Waals surface area contributed by atoms with E-state index in [4.69, 9.17) is 0 Å². The Morgan fingerprint density at radius 2 is 1.96 bits per heavy atom. The predicted molar refractivity (Wildman–Crippen MR) is 87.4 cm³/mol. The highest BCUT2D eigenvalue weighted by Gasteiger charge is 2.15. The fourth-order valence-electron chi connectivity index (χ4n) is 2.58. The molecule has 0 unspecified atom stereocenters. The Morgan fingerprint density at radius 3 is 2.83 bits per heavy atom. The van der Waals surface area contributed by atoms with E-state index in [-0.39, 0.29) is 5.91 Å². The number of nitrogens with zero attached hydrogens (tertiary/aromatic N) is 3. The summed E-state index contributed by atoms with van der Waals surface area (Å²) in [5.74, 6) is -0.274. The lowest BCUT2D eigenvalue weighted by Gasteiger charge is -2.03. The van der Waals surface area contributed by atoms with Crippen LogP contribution in [0.4, 0.5) is 5.69 Å². The van der Waals surface area contributed by atoms with Gasteiger partial charge >= 0.3 is 0 Å². The van der Waals surface area contributed by atoms with Gasteiger partial charge in [-0.05, 0) is 32.0 Å². The van der Waals surface area contributed by atoms with Crippen molar-refractivity contribution >= 4 is 33.5 Å². The molecule has 1 amide bonds. The van der Waals surface area contributed by atoms with Gasteiger partial charge in [-0.2, -0.15) is 10.2 Å². The number of pyridine rings is 1. The maximum absolute atomic E-state index is 12.5. The molecule has 0 bridgehead atoms. The van der Waals surface area contributed by atoms with Gasteiger partial charge in [0.05, 0.1) is 17.4 Å². The molecule has 3 heterocycles. The molecule has 0 saturated heterocycles. The van der Waals surface area contributed by atoms with Gasteiger partial charge in [0.2, 0.25) is 0 Å². The molecule has 3 N–H and O–H groups in total. The van der Waals surface area contributed by atoms with Gasteiger partial charge in [-0.25, -0.2) is 4.98 Å². The largest absolute Gasteiger partial charge is 0.319 e. The monoisotopic (exact) mass is 306 g/mol. The Bertz CT molecular complexity index is 1050. The van der Waals surface area contributed by atoms with Crippen LogP contribution in [0.5, 0.6) is 0 Å². The Balaban J connectivity index is 1.70. The van der Waals surface area contributed by atoms with Crippen LogP contribution in [0, 0.1) is 13.8 Å². The van der Waals surface area contributed by atoms with Crippen molar-refractivity contribution in [3.05, 3.63) is 47.4 Å². The summed E-state index contributed by atoms with van der Waals surface area (Å²) in [6.45, 7) is 3.89. The Kier molecular flexibility index (Phi) is 2.87. The van der Waals surface area contributed by atoms with Gasteiger partial charge in [-0.1, -0.05) is 11.6 Å². The number of rotatable bonds is 2. The standard InChI is InChI=1S/C16H14N6O/c1-8-3-4-13-12(5-8)14(21-20-13)16(23)18-10-6-11-9(2)19-22-15(11)17-7-10/h3-7H,1-2H3,(H,18,23)(H,20,21)(H,17,19,22). The van der Waals surface area contributed by atoms with E-state index in [0.717, 1.165) is 27.5 Å². The molecule has 4 rings (SSSR count). The summed E-state index contributed by atoms with van der Waals surface area (Å²) >= 11 is 0. The summed E-state index contributed by atoms with van der Waals surface area (Å²) in [5.41, 5.74) is 4.42. The highest BCUT2D eigenvalue weighted by Crippen LogP contribution is 2.21. The molecule has 23 heavy (non-hydrogen) atoms. The first-order chi connectivity index (χ1) is 11.1. The van der Waals surface area contributed by atoms with Crippen LogP contribution in [0.25, 0.3) is 21.9 Å². The molecule has 4 aromatic rings. The highest BCUT2D eigenvalue weighted by atomic mass is 16.1. The number of carbonyl (C=O) groups excluding carboxylic acids is 1. The third-order valence-corrected chi connectivity index (χ3v) is 3.79. The topological polar surface area (TPSA) is 99.3 Å². The van der Waals surface area contributed by atoms with Crippen LogP contribution in [0.2, 0.25) is 0 Å². The summed E-state index contributed by atoms with van der Waals surface area (Å²) in [6, 6.07) is 7.67. The molecule has 3 aromatic heterocycles. The molecular formula is C16H14N6O. The predicted octanol–water partition coefficient (Wildman–Crippen LogP) is 2.70. The fraction of sp³-hybridized carbons (Fsp3) is 0.125. The van der Waals surface area contributed by atoms with E-state index in [1.165, 1.54) is 0 Å². The van der Waals surface area contributed by atoms with E-state index < -0.39 is 0 Å². The van der Waals surface area contributed by atoms with Gasteiger partial charge in [-0.15, -0.1) is 0 Å². The van der Waals surface area contributed by atoms with Gasteiger partial charge in [0, 0.05) is 16.5 Å². The summed E-state index contributed by atoms with van der Waals surface area (Å²) in [7, 11) is 0. The number of benzene rings is 1. The smallest absolute Gasteiger partial charge is 0.276 e. The van der Waals surface area contributed by atoms with Crippen molar-refractivity contribution in [2.45, 2.75) is 13.8 Å². The number of aryl methyl sites for hydroxylation is 2. The van der Waals surface area contributed by atoms with Crippen LogP contribution in [-0.4, -0.2) is 31.3 Å². The average Bonchev–Trinajstić information content (AvgIpc) is 3.11. The number of aromatic nitrogens is 5. The first-order valence-electron chi connectivity index (χ1n) is 7.18. The summed E-state index contributed by atoms with van der Waals surface area (Å²) in [4.78, 5) is 16.7. The normalized spacial score (nSPS) is 11.2. The SMILES string of the molecule is Cc1ccc2[nH]nc(C(=O)Nc3cnc4n[nH]c(C)c4c3)c2c1. The number of H-pyrrole nitrogens is 2. The third kappa shape index (κ3) is 2.22. The molecule has 114 valence electrons. The zero-order chi connectivity index (χ0) is 16.0. The molecule has 7 nitrogen and oxygen atoms in total. The van der Waals surface area contributed by atoms with Gasteiger partial charge in [-0.3, -0.25) is 15.0 Å². The lowest BCUT2D eigenvalue weighted by atomic mass is 10.1. The molecule has 0 atom stereocenters. The fourth-order valence-corrected chi connectivity index (χ4v) is 2.58. The van der Waals surface area contributed by atoms with Crippen molar-refractivity contribution in [1.29, 1.82) is 0 Å². The second-order valence-electron chi connectivity index (χ2n) is 5.52. The van der Waals surface area contributed by atoms with Crippen LogP contribution < -0.4 is 5.32 Å². The van der Waals surface area contributed by atoms with Crippen LogP contribution in [0.1, 0.15) is 21.7 Å². The molecule has 0 spiro atoms. The van der Waals surface area contributed by atoms with Crippen LogP contribution in [0.3, 0.4) is 0 Å².